The van der Waals surface area contributed by atoms with Gasteiger partial charge in [-0.3, -0.25) is 0 Å². The summed E-state index contributed by atoms with van der Waals surface area (Å²) in [5, 5.41) is 3.40. The van der Waals surface area contributed by atoms with Crippen molar-refractivity contribution in [1.29, 1.82) is 0 Å². The molecule has 0 aliphatic heterocycles. The lowest BCUT2D eigenvalue weighted by molar-refractivity contribution is 0.671. The SMILES string of the molecule is CCn1ccc(CNCCc2ncc[nH]2)c1. The monoisotopic (exact) mass is 218 g/mol. The molecule has 16 heavy (non-hydrogen) atoms. The van der Waals surface area contributed by atoms with Crippen LogP contribution < -0.4 is 5.32 Å². The van der Waals surface area contributed by atoms with E-state index in [1.165, 1.54) is 5.56 Å². The number of aromatic nitrogens is 3. The molecule has 4 nitrogen and oxygen atoms in total. The maximum absolute atomic E-state index is 4.18. The molecule has 0 fully saturated rings. The van der Waals surface area contributed by atoms with E-state index in [1.54, 1.807) is 6.20 Å². The van der Waals surface area contributed by atoms with E-state index in [1.807, 2.05) is 6.20 Å². The van der Waals surface area contributed by atoms with Crippen LogP contribution >= 0.6 is 0 Å². The molecular formula is C12H18N4. The van der Waals surface area contributed by atoms with Crippen LogP contribution in [0.25, 0.3) is 0 Å². The van der Waals surface area contributed by atoms with Crippen molar-refractivity contribution in [3.8, 4) is 0 Å². The van der Waals surface area contributed by atoms with Crippen molar-refractivity contribution in [3.63, 3.8) is 0 Å². The zero-order chi connectivity index (χ0) is 11.2. The van der Waals surface area contributed by atoms with Crippen LogP contribution in [0.2, 0.25) is 0 Å². The molecule has 0 unspecified atom stereocenters. The van der Waals surface area contributed by atoms with Crippen LogP contribution in [0, 0.1) is 0 Å². The molecular weight excluding hydrogens is 200 g/mol. The lowest BCUT2D eigenvalue weighted by Gasteiger charge is -2.01. The van der Waals surface area contributed by atoms with Gasteiger partial charge in [-0.2, -0.15) is 0 Å². The first kappa shape index (κ1) is 11.0. The molecule has 0 aromatic carbocycles. The van der Waals surface area contributed by atoms with Crippen molar-refractivity contribution in [1.82, 2.24) is 19.9 Å². The molecule has 0 amide bonds. The molecule has 2 aromatic rings. The van der Waals surface area contributed by atoms with Crippen LogP contribution in [-0.2, 0) is 19.5 Å². The predicted octanol–water partition coefficient (Wildman–Crippen LogP) is 1.56. The molecule has 0 saturated heterocycles. The highest BCUT2D eigenvalue weighted by Crippen LogP contribution is 2.00. The Bertz CT molecular complexity index is 402. The molecule has 0 bridgehead atoms. The lowest BCUT2D eigenvalue weighted by Crippen LogP contribution is -2.16. The highest BCUT2D eigenvalue weighted by Gasteiger charge is 1.97. The number of aromatic amines is 1. The molecule has 86 valence electrons. The third kappa shape index (κ3) is 2.97. The van der Waals surface area contributed by atoms with Gasteiger partial charge in [-0.25, -0.2) is 4.98 Å². The number of nitrogens with zero attached hydrogens (tertiary/aromatic N) is 2. The van der Waals surface area contributed by atoms with Crippen molar-refractivity contribution in [2.75, 3.05) is 6.54 Å². The average Bonchev–Trinajstić information content (AvgIpc) is 2.95. The fourth-order valence-corrected chi connectivity index (χ4v) is 1.67. The maximum Gasteiger partial charge on any atom is 0.107 e. The van der Waals surface area contributed by atoms with E-state index in [-0.39, 0.29) is 0 Å². The van der Waals surface area contributed by atoms with Crippen molar-refractivity contribution in [2.45, 2.75) is 26.4 Å². The minimum absolute atomic E-state index is 0.924. The second kappa shape index (κ2) is 5.51. The Labute approximate surface area is 95.7 Å². The molecule has 0 aliphatic carbocycles. The van der Waals surface area contributed by atoms with Gasteiger partial charge in [-0.15, -0.1) is 0 Å². The van der Waals surface area contributed by atoms with Gasteiger partial charge in [0, 0.05) is 50.8 Å². The number of imidazole rings is 1. The molecule has 0 atom stereocenters. The molecule has 2 heterocycles. The van der Waals surface area contributed by atoms with Crippen molar-refractivity contribution < 1.29 is 0 Å². The van der Waals surface area contributed by atoms with E-state index in [2.05, 4.69) is 45.2 Å². The van der Waals surface area contributed by atoms with Gasteiger partial charge in [0.2, 0.25) is 0 Å². The number of hydrogen-bond acceptors (Lipinski definition) is 2. The number of hydrogen-bond donors (Lipinski definition) is 2. The number of rotatable bonds is 6. The zero-order valence-corrected chi connectivity index (χ0v) is 9.61. The minimum Gasteiger partial charge on any atom is -0.354 e. The number of aryl methyl sites for hydroxylation is 1. The van der Waals surface area contributed by atoms with Crippen molar-refractivity contribution in [2.24, 2.45) is 0 Å². The van der Waals surface area contributed by atoms with E-state index in [4.69, 9.17) is 0 Å². The van der Waals surface area contributed by atoms with E-state index >= 15 is 0 Å². The van der Waals surface area contributed by atoms with Crippen LogP contribution in [0.3, 0.4) is 0 Å². The van der Waals surface area contributed by atoms with Gasteiger partial charge in [-0.1, -0.05) is 0 Å². The number of H-pyrrole nitrogens is 1. The Morgan fingerprint density at radius 3 is 3.12 bits per heavy atom. The van der Waals surface area contributed by atoms with E-state index in [0.717, 1.165) is 31.9 Å². The third-order valence-electron chi connectivity index (χ3n) is 2.60. The van der Waals surface area contributed by atoms with Crippen molar-refractivity contribution in [3.05, 3.63) is 42.2 Å². The van der Waals surface area contributed by atoms with Gasteiger partial charge in [-0.05, 0) is 18.6 Å². The fourth-order valence-electron chi connectivity index (χ4n) is 1.67. The van der Waals surface area contributed by atoms with Crippen molar-refractivity contribution >= 4 is 0 Å². The summed E-state index contributed by atoms with van der Waals surface area (Å²) in [5.74, 6) is 1.04. The van der Waals surface area contributed by atoms with Crippen LogP contribution in [0.15, 0.2) is 30.9 Å². The molecule has 0 saturated carbocycles. The van der Waals surface area contributed by atoms with Crippen LogP contribution in [0.4, 0.5) is 0 Å². The Morgan fingerprint density at radius 2 is 2.44 bits per heavy atom. The normalized spacial score (nSPS) is 10.8. The highest BCUT2D eigenvalue weighted by molar-refractivity contribution is 5.09. The summed E-state index contributed by atoms with van der Waals surface area (Å²) in [6.45, 7) is 5.05. The van der Waals surface area contributed by atoms with Crippen LogP contribution in [-0.4, -0.2) is 21.1 Å². The first-order valence-corrected chi connectivity index (χ1v) is 5.72. The summed E-state index contributed by atoms with van der Waals surface area (Å²) in [6, 6.07) is 2.16. The quantitative estimate of drug-likeness (QED) is 0.723. The van der Waals surface area contributed by atoms with Gasteiger partial charge in [0.25, 0.3) is 0 Å². The topological polar surface area (TPSA) is 45.6 Å². The number of nitrogens with one attached hydrogen (secondary N) is 2. The smallest absolute Gasteiger partial charge is 0.107 e. The maximum atomic E-state index is 4.18. The first-order valence-electron chi connectivity index (χ1n) is 5.72. The lowest BCUT2D eigenvalue weighted by atomic mass is 10.3. The van der Waals surface area contributed by atoms with E-state index in [0.29, 0.717) is 0 Å². The Balaban J connectivity index is 1.68. The summed E-state index contributed by atoms with van der Waals surface area (Å²) >= 11 is 0. The van der Waals surface area contributed by atoms with Crippen LogP contribution in [0.5, 0.6) is 0 Å². The predicted molar refractivity (Wildman–Crippen MR) is 64.1 cm³/mol. The standard InChI is InChI=1S/C12H18N4/c1-2-16-8-4-11(10-16)9-13-5-3-12-14-6-7-15-12/h4,6-8,10,13H,2-3,5,9H2,1H3,(H,14,15). The molecule has 4 heteroatoms. The Hall–Kier alpha value is -1.55. The molecule has 0 radical (unpaired) electrons. The Morgan fingerprint density at radius 1 is 1.50 bits per heavy atom. The van der Waals surface area contributed by atoms with Gasteiger partial charge >= 0.3 is 0 Å². The van der Waals surface area contributed by atoms with Gasteiger partial charge in [0.1, 0.15) is 5.82 Å². The van der Waals surface area contributed by atoms with Gasteiger partial charge < -0.3 is 14.9 Å². The van der Waals surface area contributed by atoms with E-state index < -0.39 is 0 Å². The summed E-state index contributed by atoms with van der Waals surface area (Å²) in [7, 11) is 0. The van der Waals surface area contributed by atoms with Gasteiger partial charge in [0.05, 0.1) is 0 Å². The Kier molecular flexibility index (Phi) is 3.77. The molecule has 0 spiro atoms. The first-order chi connectivity index (χ1) is 7.88. The largest absolute Gasteiger partial charge is 0.354 e. The highest BCUT2D eigenvalue weighted by atomic mass is 14.9. The summed E-state index contributed by atoms with van der Waals surface area (Å²) in [4.78, 5) is 7.27. The average molecular weight is 218 g/mol. The summed E-state index contributed by atoms with van der Waals surface area (Å²) < 4.78 is 2.18. The molecule has 2 aromatic heterocycles. The second-order valence-corrected chi connectivity index (χ2v) is 3.81. The summed E-state index contributed by atoms with van der Waals surface area (Å²) in [5.41, 5.74) is 1.33. The van der Waals surface area contributed by atoms with Crippen LogP contribution in [0.1, 0.15) is 18.3 Å². The summed E-state index contributed by atoms with van der Waals surface area (Å²) in [6.07, 6.45) is 8.89. The molecule has 0 aliphatic rings. The zero-order valence-electron chi connectivity index (χ0n) is 9.61. The molecule has 2 N–H and O–H groups in total. The van der Waals surface area contributed by atoms with Gasteiger partial charge in [0.15, 0.2) is 0 Å². The van der Waals surface area contributed by atoms with E-state index in [9.17, 15) is 0 Å². The third-order valence-corrected chi connectivity index (χ3v) is 2.60. The second-order valence-electron chi connectivity index (χ2n) is 3.81. The minimum atomic E-state index is 0.924. The fraction of sp³-hybridized carbons (Fsp3) is 0.417. The molecule has 2 rings (SSSR count).